The zero-order chi connectivity index (χ0) is 18.7. The highest BCUT2D eigenvalue weighted by Gasteiger charge is 2.20. The van der Waals surface area contributed by atoms with Gasteiger partial charge in [-0.1, -0.05) is 0 Å². The van der Waals surface area contributed by atoms with E-state index in [2.05, 4.69) is 10.3 Å². The molecule has 6 nitrogen and oxygen atoms in total. The van der Waals surface area contributed by atoms with E-state index in [0.717, 1.165) is 5.01 Å². The normalized spacial score (nSPS) is 11.8. The van der Waals surface area contributed by atoms with Crippen molar-refractivity contribution in [3.63, 3.8) is 0 Å². The Morgan fingerprint density at radius 1 is 1.23 bits per heavy atom. The predicted octanol–water partition coefficient (Wildman–Crippen LogP) is 4.13. The van der Waals surface area contributed by atoms with Gasteiger partial charge in [0, 0.05) is 29.9 Å². The number of aromatic nitrogens is 1. The van der Waals surface area contributed by atoms with Crippen LogP contribution in [-0.4, -0.2) is 28.7 Å². The van der Waals surface area contributed by atoms with Crippen LogP contribution in [0.3, 0.4) is 0 Å². The number of hydrogen-bond donors (Lipinski definition) is 1. The maximum Gasteiger partial charge on any atom is 0.259 e. The smallest absolute Gasteiger partial charge is 0.259 e. The van der Waals surface area contributed by atoms with E-state index in [1.54, 1.807) is 55.4 Å². The highest BCUT2D eigenvalue weighted by atomic mass is 32.1. The highest BCUT2D eigenvalue weighted by molar-refractivity contribution is 7.09. The van der Waals surface area contributed by atoms with E-state index >= 15 is 0 Å². The third-order valence-corrected chi connectivity index (χ3v) is 5.15. The van der Waals surface area contributed by atoms with Crippen molar-refractivity contribution < 1.29 is 14.0 Å². The molecule has 0 bridgehead atoms. The fourth-order valence-electron chi connectivity index (χ4n) is 2.50. The SMILES string of the molecule is Cc1occc1C(=O)Nc1ccc(C(=O)N(C)C(C)c2nccs2)cc1. The number of benzene rings is 1. The number of hydrogen-bond acceptors (Lipinski definition) is 5. The van der Waals surface area contributed by atoms with Gasteiger partial charge in [-0.2, -0.15) is 0 Å². The van der Waals surface area contributed by atoms with Gasteiger partial charge in [-0.3, -0.25) is 9.59 Å². The Bertz CT molecular complexity index is 901. The number of thiazole rings is 1. The van der Waals surface area contributed by atoms with Crippen LogP contribution in [0.25, 0.3) is 0 Å². The summed E-state index contributed by atoms with van der Waals surface area (Å²) in [6, 6.07) is 8.34. The summed E-state index contributed by atoms with van der Waals surface area (Å²) in [4.78, 5) is 30.8. The molecule has 0 aliphatic rings. The van der Waals surface area contributed by atoms with Crippen molar-refractivity contribution in [2.24, 2.45) is 0 Å². The Balaban J connectivity index is 1.68. The average molecular weight is 369 g/mol. The van der Waals surface area contributed by atoms with Gasteiger partial charge in [-0.25, -0.2) is 4.98 Å². The van der Waals surface area contributed by atoms with Gasteiger partial charge in [0.2, 0.25) is 0 Å². The van der Waals surface area contributed by atoms with Gasteiger partial charge in [0.15, 0.2) is 0 Å². The number of carbonyl (C=O) groups excluding carboxylic acids is 2. The summed E-state index contributed by atoms with van der Waals surface area (Å²) in [5, 5.41) is 5.57. The summed E-state index contributed by atoms with van der Waals surface area (Å²) in [7, 11) is 1.76. The van der Waals surface area contributed by atoms with E-state index in [0.29, 0.717) is 22.6 Å². The minimum Gasteiger partial charge on any atom is -0.469 e. The van der Waals surface area contributed by atoms with Gasteiger partial charge >= 0.3 is 0 Å². The molecule has 0 spiro atoms. The molecule has 3 rings (SSSR count). The van der Waals surface area contributed by atoms with Gasteiger partial charge < -0.3 is 14.6 Å². The van der Waals surface area contributed by atoms with E-state index in [4.69, 9.17) is 4.42 Å². The number of furan rings is 1. The van der Waals surface area contributed by atoms with Crippen molar-refractivity contribution in [3.8, 4) is 0 Å². The number of aryl methyl sites for hydroxylation is 1. The average Bonchev–Trinajstić information content (AvgIpc) is 3.32. The molecule has 2 heterocycles. The van der Waals surface area contributed by atoms with Crippen LogP contribution in [0.5, 0.6) is 0 Å². The Morgan fingerprint density at radius 2 is 1.96 bits per heavy atom. The number of anilines is 1. The van der Waals surface area contributed by atoms with E-state index < -0.39 is 0 Å². The van der Waals surface area contributed by atoms with Gasteiger partial charge in [0.1, 0.15) is 10.8 Å². The zero-order valence-electron chi connectivity index (χ0n) is 14.7. The second kappa shape index (κ2) is 7.53. The first kappa shape index (κ1) is 17.9. The molecule has 2 aromatic heterocycles. The third-order valence-electron chi connectivity index (χ3n) is 4.20. The summed E-state index contributed by atoms with van der Waals surface area (Å²) in [6.45, 7) is 3.68. The first-order valence-electron chi connectivity index (χ1n) is 8.09. The zero-order valence-corrected chi connectivity index (χ0v) is 15.5. The van der Waals surface area contributed by atoms with E-state index in [1.165, 1.54) is 17.6 Å². The van der Waals surface area contributed by atoms with Gasteiger partial charge in [0.05, 0.1) is 17.9 Å². The Morgan fingerprint density at radius 3 is 2.54 bits per heavy atom. The Hall–Kier alpha value is -2.93. The van der Waals surface area contributed by atoms with Crippen LogP contribution in [-0.2, 0) is 0 Å². The molecule has 0 fully saturated rings. The molecule has 134 valence electrons. The molecule has 26 heavy (non-hydrogen) atoms. The number of amides is 2. The molecule has 0 aliphatic carbocycles. The van der Waals surface area contributed by atoms with Crippen molar-refractivity contribution in [2.45, 2.75) is 19.9 Å². The van der Waals surface area contributed by atoms with Crippen molar-refractivity contribution in [1.29, 1.82) is 0 Å². The molecular weight excluding hydrogens is 350 g/mol. The number of nitrogens with zero attached hydrogens (tertiary/aromatic N) is 2. The molecule has 2 amide bonds. The van der Waals surface area contributed by atoms with Crippen LogP contribution in [0, 0.1) is 6.92 Å². The Kier molecular flexibility index (Phi) is 5.18. The lowest BCUT2D eigenvalue weighted by atomic mass is 10.1. The topological polar surface area (TPSA) is 75.4 Å². The molecule has 0 saturated carbocycles. The summed E-state index contributed by atoms with van der Waals surface area (Å²) in [5.41, 5.74) is 1.65. The maximum atomic E-state index is 12.6. The van der Waals surface area contributed by atoms with Crippen LogP contribution in [0.2, 0.25) is 0 Å². The standard InChI is InChI=1S/C19H19N3O3S/c1-12(18-20-9-11-26-18)22(3)19(24)14-4-6-15(7-5-14)21-17(23)16-8-10-25-13(16)2/h4-12H,1-3H3,(H,21,23). The largest absolute Gasteiger partial charge is 0.469 e. The Labute approximate surface area is 155 Å². The number of carbonyl (C=O) groups is 2. The summed E-state index contributed by atoms with van der Waals surface area (Å²) < 4.78 is 5.14. The summed E-state index contributed by atoms with van der Waals surface area (Å²) in [5.74, 6) is 0.216. The minimum absolute atomic E-state index is 0.101. The van der Waals surface area contributed by atoms with Crippen LogP contribution in [0.1, 0.15) is 44.4 Å². The molecular formula is C19H19N3O3S. The second-order valence-electron chi connectivity index (χ2n) is 5.88. The minimum atomic E-state index is -0.246. The second-order valence-corrected chi connectivity index (χ2v) is 6.81. The highest BCUT2D eigenvalue weighted by Crippen LogP contribution is 2.23. The molecule has 1 atom stereocenters. The fraction of sp³-hybridized carbons (Fsp3) is 0.211. The quantitative estimate of drug-likeness (QED) is 0.734. The summed E-state index contributed by atoms with van der Waals surface area (Å²) in [6.07, 6.45) is 3.21. The predicted molar refractivity (Wildman–Crippen MR) is 100 cm³/mol. The maximum absolute atomic E-state index is 12.6. The lowest BCUT2D eigenvalue weighted by molar-refractivity contribution is 0.0742. The lowest BCUT2D eigenvalue weighted by Gasteiger charge is -2.23. The van der Waals surface area contributed by atoms with E-state index in [-0.39, 0.29) is 17.9 Å². The van der Waals surface area contributed by atoms with Gasteiger partial charge in [-0.05, 0) is 44.2 Å². The van der Waals surface area contributed by atoms with Crippen molar-refractivity contribution >= 4 is 28.8 Å². The molecule has 0 aliphatic heterocycles. The van der Waals surface area contributed by atoms with Crippen LogP contribution in [0.15, 0.2) is 52.6 Å². The first-order valence-corrected chi connectivity index (χ1v) is 8.97. The van der Waals surface area contributed by atoms with Crippen LogP contribution < -0.4 is 5.32 Å². The monoisotopic (exact) mass is 369 g/mol. The first-order chi connectivity index (χ1) is 12.5. The van der Waals surface area contributed by atoms with E-state index in [1.807, 2.05) is 12.3 Å². The summed E-state index contributed by atoms with van der Waals surface area (Å²) >= 11 is 1.52. The van der Waals surface area contributed by atoms with Crippen LogP contribution >= 0.6 is 11.3 Å². The van der Waals surface area contributed by atoms with E-state index in [9.17, 15) is 9.59 Å². The molecule has 0 radical (unpaired) electrons. The third kappa shape index (κ3) is 3.67. The lowest BCUT2D eigenvalue weighted by Crippen LogP contribution is -2.29. The molecule has 1 N–H and O–H groups in total. The van der Waals surface area contributed by atoms with Crippen molar-refractivity contribution in [2.75, 3.05) is 12.4 Å². The number of nitrogens with one attached hydrogen (secondary N) is 1. The van der Waals surface area contributed by atoms with Crippen molar-refractivity contribution in [3.05, 3.63) is 70.1 Å². The fourth-order valence-corrected chi connectivity index (χ4v) is 3.24. The molecule has 7 heteroatoms. The number of rotatable bonds is 5. The molecule has 1 aromatic carbocycles. The van der Waals surface area contributed by atoms with Gasteiger partial charge in [-0.15, -0.1) is 11.3 Å². The molecule has 3 aromatic rings. The molecule has 1 unspecified atom stereocenters. The molecule has 0 saturated heterocycles. The van der Waals surface area contributed by atoms with Crippen LogP contribution in [0.4, 0.5) is 5.69 Å². The van der Waals surface area contributed by atoms with Crippen molar-refractivity contribution in [1.82, 2.24) is 9.88 Å². The van der Waals surface area contributed by atoms with Gasteiger partial charge in [0.25, 0.3) is 11.8 Å².